The maximum Gasteiger partial charge on any atom is 0.145 e. The molecule has 0 saturated carbocycles. The van der Waals surface area contributed by atoms with Gasteiger partial charge >= 0.3 is 0 Å². The summed E-state index contributed by atoms with van der Waals surface area (Å²) >= 11 is 7.76. The van der Waals surface area contributed by atoms with E-state index in [1.54, 1.807) is 17.5 Å². The van der Waals surface area contributed by atoms with Crippen molar-refractivity contribution < 1.29 is 0 Å². The van der Waals surface area contributed by atoms with Crippen LogP contribution in [0.15, 0.2) is 54.7 Å². The van der Waals surface area contributed by atoms with E-state index in [0.29, 0.717) is 5.02 Å². The molecule has 0 amide bonds. The number of hydrogen-bond donors (Lipinski definition) is 0. The highest BCUT2D eigenvalue weighted by molar-refractivity contribution is 7.21. The smallest absolute Gasteiger partial charge is 0.145 e. The van der Waals surface area contributed by atoms with Crippen molar-refractivity contribution in [3.63, 3.8) is 0 Å². The van der Waals surface area contributed by atoms with Crippen molar-refractivity contribution >= 4 is 33.2 Å². The summed E-state index contributed by atoms with van der Waals surface area (Å²) < 4.78 is 1.03. The molecule has 0 atom stereocenters. The molecule has 6 heteroatoms. The topological polar surface area (TPSA) is 51.6 Å². The van der Waals surface area contributed by atoms with E-state index in [1.807, 2.05) is 48.5 Å². The van der Waals surface area contributed by atoms with Crippen molar-refractivity contribution in [2.24, 2.45) is 0 Å². The Hall–Kier alpha value is -2.37. The molecule has 0 saturated heterocycles. The van der Waals surface area contributed by atoms with Crippen LogP contribution in [-0.2, 0) is 0 Å². The normalized spacial score (nSPS) is 11.0. The molecule has 0 radical (unpaired) electrons. The van der Waals surface area contributed by atoms with Gasteiger partial charge in [0, 0.05) is 5.56 Å². The molecule has 0 spiro atoms. The lowest BCUT2D eigenvalue weighted by molar-refractivity contribution is 0.872. The van der Waals surface area contributed by atoms with Crippen molar-refractivity contribution in [1.82, 2.24) is 20.4 Å². The number of fused-ring (bicyclic) bond motifs is 1. The van der Waals surface area contributed by atoms with Gasteiger partial charge in [0.15, 0.2) is 0 Å². The van der Waals surface area contributed by atoms with E-state index < -0.39 is 0 Å². The SMILES string of the molecule is Clc1cccc2sc(-c3nnncc3-c3ccccc3)nc12. The fraction of sp³-hybridized carbons (Fsp3) is 0. The number of hydrogen-bond acceptors (Lipinski definition) is 5. The number of benzene rings is 2. The van der Waals surface area contributed by atoms with E-state index in [-0.39, 0.29) is 0 Å². The minimum Gasteiger partial charge on any atom is -0.233 e. The maximum absolute atomic E-state index is 6.21. The van der Waals surface area contributed by atoms with Crippen molar-refractivity contribution in [2.45, 2.75) is 0 Å². The standard InChI is InChI=1S/C16H9ClN4S/c17-12-7-4-8-13-15(12)19-16(22-13)14-11(9-18-21-20-14)10-5-2-1-3-6-10/h1-9H. The summed E-state index contributed by atoms with van der Waals surface area (Å²) in [6.45, 7) is 0. The van der Waals surface area contributed by atoms with Crippen LogP contribution in [0.2, 0.25) is 5.02 Å². The first-order valence-corrected chi connectivity index (χ1v) is 7.81. The minimum absolute atomic E-state index is 0.642. The van der Waals surface area contributed by atoms with Crippen LogP contribution in [-0.4, -0.2) is 20.4 Å². The lowest BCUT2D eigenvalue weighted by atomic mass is 10.1. The molecule has 106 valence electrons. The molecule has 4 nitrogen and oxygen atoms in total. The zero-order chi connectivity index (χ0) is 14.9. The van der Waals surface area contributed by atoms with E-state index in [4.69, 9.17) is 11.6 Å². The minimum atomic E-state index is 0.642. The summed E-state index contributed by atoms with van der Waals surface area (Å²) in [7, 11) is 0. The van der Waals surface area contributed by atoms with E-state index in [0.717, 1.165) is 32.0 Å². The summed E-state index contributed by atoms with van der Waals surface area (Å²) in [6.07, 6.45) is 1.71. The zero-order valence-electron chi connectivity index (χ0n) is 11.3. The Bertz CT molecular complexity index is 953. The number of nitrogens with zero attached hydrogens (tertiary/aromatic N) is 4. The van der Waals surface area contributed by atoms with Crippen molar-refractivity contribution in [1.29, 1.82) is 0 Å². The fourth-order valence-corrected chi connectivity index (χ4v) is 3.54. The van der Waals surface area contributed by atoms with Gasteiger partial charge in [-0.3, -0.25) is 0 Å². The van der Waals surface area contributed by atoms with Crippen LogP contribution in [0.1, 0.15) is 0 Å². The van der Waals surface area contributed by atoms with Gasteiger partial charge in [-0.2, -0.15) is 0 Å². The van der Waals surface area contributed by atoms with Crippen molar-refractivity contribution in [3.8, 4) is 21.8 Å². The first kappa shape index (κ1) is 13.3. The first-order valence-electron chi connectivity index (χ1n) is 6.62. The second-order valence-electron chi connectivity index (χ2n) is 4.67. The quantitative estimate of drug-likeness (QED) is 0.546. The van der Waals surface area contributed by atoms with Crippen LogP contribution >= 0.6 is 22.9 Å². The third-order valence-corrected chi connectivity index (χ3v) is 4.63. The summed E-state index contributed by atoms with van der Waals surface area (Å²) in [4.78, 5) is 4.62. The van der Waals surface area contributed by atoms with Crippen molar-refractivity contribution in [3.05, 3.63) is 59.8 Å². The number of thiazole rings is 1. The number of aromatic nitrogens is 4. The highest BCUT2D eigenvalue weighted by atomic mass is 35.5. The Balaban J connectivity index is 1.94. The lowest BCUT2D eigenvalue weighted by Crippen LogP contribution is -1.94. The van der Waals surface area contributed by atoms with Crippen LogP contribution < -0.4 is 0 Å². The highest BCUT2D eigenvalue weighted by Crippen LogP contribution is 2.36. The second kappa shape index (κ2) is 5.44. The predicted molar refractivity (Wildman–Crippen MR) is 88.9 cm³/mol. The van der Waals surface area contributed by atoms with Crippen LogP contribution in [0.4, 0.5) is 0 Å². The van der Waals surface area contributed by atoms with Gasteiger partial charge in [0.05, 0.1) is 15.9 Å². The molecule has 0 bridgehead atoms. The Morgan fingerprint density at radius 1 is 0.955 bits per heavy atom. The van der Waals surface area contributed by atoms with Gasteiger partial charge in [-0.25, -0.2) is 4.98 Å². The van der Waals surface area contributed by atoms with Gasteiger partial charge in [-0.15, -0.1) is 21.5 Å². The fourth-order valence-electron chi connectivity index (χ4n) is 2.27. The Labute approximate surface area is 135 Å². The molecule has 0 N–H and O–H groups in total. The van der Waals surface area contributed by atoms with E-state index in [9.17, 15) is 0 Å². The Kier molecular flexibility index (Phi) is 3.29. The first-order chi connectivity index (χ1) is 10.8. The van der Waals surface area contributed by atoms with Gasteiger partial charge in [-0.1, -0.05) is 48.0 Å². The second-order valence-corrected chi connectivity index (χ2v) is 6.11. The van der Waals surface area contributed by atoms with E-state index >= 15 is 0 Å². The van der Waals surface area contributed by atoms with Crippen LogP contribution in [0.5, 0.6) is 0 Å². The molecular weight excluding hydrogens is 316 g/mol. The summed E-state index contributed by atoms with van der Waals surface area (Å²) in [5.74, 6) is 0. The van der Waals surface area contributed by atoms with Gasteiger partial charge in [0.2, 0.25) is 0 Å². The zero-order valence-corrected chi connectivity index (χ0v) is 12.8. The molecule has 4 rings (SSSR count). The molecule has 0 fully saturated rings. The van der Waals surface area contributed by atoms with Crippen molar-refractivity contribution in [2.75, 3.05) is 0 Å². The summed E-state index contributed by atoms with van der Waals surface area (Å²) in [5.41, 5.74) is 3.45. The average Bonchev–Trinajstić information content (AvgIpc) is 3.01. The molecule has 0 unspecified atom stereocenters. The molecule has 2 heterocycles. The third kappa shape index (κ3) is 2.24. The summed E-state index contributed by atoms with van der Waals surface area (Å²) in [6, 6.07) is 15.7. The number of rotatable bonds is 2. The van der Waals surface area contributed by atoms with E-state index in [2.05, 4.69) is 20.4 Å². The third-order valence-electron chi connectivity index (χ3n) is 3.30. The molecule has 4 aromatic rings. The summed E-state index contributed by atoms with van der Waals surface area (Å²) in [5, 5.41) is 13.3. The maximum atomic E-state index is 6.21. The monoisotopic (exact) mass is 324 g/mol. The predicted octanol–water partition coefficient (Wildman–Crippen LogP) is 4.47. The van der Waals surface area contributed by atoms with Gasteiger partial charge in [-0.05, 0) is 22.9 Å². The van der Waals surface area contributed by atoms with Crippen LogP contribution in [0.3, 0.4) is 0 Å². The molecule has 2 aromatic heterocycles. The number of halogens is 1. The van der Waals surface area contributed by atoms with Gasteiger partial charge < -0.3 is 0 Å². The molecule has 22 heavy (non-hydrogen) atoms. The highest BCUT2D eigenvalue weighted by Gasteiger charge is 2.15. The molecule has 2 aromatic carbocycles. The lowest BCUT2D eigenvalue weighted by Gasteiger charge is -2.03. The molecule has 0 aliphatic rings. The average molecular weight is 325 g/mol. The van der Waals surface area contributed by atoms with E-state index in [1.165, 1.54) is 0 Å². The molecule has 0 aliphatic carbocycles. The van der Waals surface area contributed by atoms with Gasteiger partial charge in [0.25, 0.3) is 0 Å². The molecular formula is C16H9ClN4S. The van der Waals surface area contributed by atoms with Gasteiger partial charge in [0.1, 0.15) is 16.2 Å². The Morgan fingerprint density at radius 3 is 2.64 bits per heavy atom. The van der Waals surface area contributed by atoms with Crippen LogP contribution in [0.25, 0.3) is 32.0 Å². The largest absolute Gasteiger partial charge is 0.233 e. The van der Waals surface area contributed by atoms with Crippen LogP contribution in [0, 0.1) is 0 Å². The number of para-hydroxylation sites is 1. The Morgan fingerprint density at radius 2 is 1.82 bits per heavy atom. The molecule has 0 aliphatic heterocycles.